The van der Waals surface area contributed by atoms with Gasteiger partial charge in [0.2, 0.25) is 0 Å². The third-order valence-corrected chi connectivity index (χ3v) is 4.60. The molecule has 1 aliphatic rings. The Bertz CT molecular complexity index is 750. The van der Waals surface area contributed by atoms with Crippen molar-refractivity contribution in [3.05, 3.63) is 59.8 Å². The van der Waals surface area contributed by atoms with Crippen molar-refractivity contribution in [3.8, 4) is 6.07 Å². The summed E-state index contributed by atoms with van der Waals surface area (Å²) in [6.45, 7) is 8.68. The molecule has 1 aliphatic heterocycles. The summed E-state index contributed by atoms with van der Waals surface area (Å²) in [4.78, 5) is 19.5. The third kappa shape index (κ3) is 5.68. The molecule has 1 aromatic carbocycles. The number of Topliss-reactive ketones (excluding diaryl/α,β-unsaturated/α-hetero) is 1. The van der Waals surface area contributed by atoms with Crippen LogP contribution >= 0.6 is 0 Å². The normalized spacial score (nSPS) is 16.8. The van der Waals surface area contributed by atoms with Crippen molar-refractivity contribution < 1.29 is 4.79 Å². The maximum absolute atomic E-state index is 12.6. The van der Waals surface area contributed by atoms with Gasteiger partial charge in [-0.1, -0.05) is 24.8 Å². The lowest BCUT2D eigenvalue weighted by molar-refractivity contribution is 0.103. The third-order valence-electron chi connectivity index (χ3n) is 4.60. The number of piperidine rings is 1. The van der Waals surface area contributed by atoms with Crippen LogP contribution in [-0.4, -0.2) is 43.2 Å². The van der Waals surface area contributed by atoms with Gasteiger partial charge < -0.3 is 10.2 Å². The highest BCUT2D eigenvalue weighted by Crippen LogP contribution is 2.16. The fourth-order valence-electron chi connectivity index (χ4n) is 2.85. The average Bonchev–Trinajstić information content (AvgIpc) is 2.67. The van der Waals surface area contributed by atoms with Crippen LogP contribution in [0.4, 0.5) is 0 Å². The lowest BCUT2D eigenvalue weighted by Gasteiger charge is -2.27. The van der Waals surface area contributed by atoms with Crippen LogP contribution in [0.5, 0.6) is 0 Å². The molecule has 1 fully saturated rings. The molecule has 2 rings (SSSR count). The number of nitrogens with zero attached hydrogens (tertiary/aromatic N) is 3. The maximum Gasteiger partial charge on any atom is 0.194 e. The summed E-state index contributed by atoms with van der Waals surface area (Å²) in [7, 11) is 2.15. The summed E-state index contributed by atoms with van der Waals surface area (Å²) in [5.41, 5.74) is 1.37. The predicted molar refractivity (Wildman–Crippen MR) is 105 cm³/mol. The highest BCUT2D eigenvalue weighted by Gasteiger charge is 2.16. The fraction of sp³-hybridized carbons (Fsp3) is 0.381. The number of carbonyl (C=O) groups excluding carboxylic acids is 1. The molecular weight excluding hydrogens is 324 g/mol. The van der Waals surface area contributed by atoms with E-state index in [0.29, 0.717) is 22.6 Å². The Morgan fingerprint density at radius 2 is 2.19 bits per heavy atom. The first kappa shape index (κ1) is 19.6. The standard InChI is InChI=1S/C21H26N4O/c1-4-19(21(26)20-7-5-6-18(12-20)13-22)15-24-16(2)23-14-17-8-10-25(3)11-9-17/h4-7,12,15,17H,1,8-11,14H2,2-3H3,(H,23,24)/b19-15+. The Labute approximate surface area is 155 Å². The molecule has 1 saturated heterocycles. The van der Waals surface area contributed by atoms with Gasteiger partial charge in [0.25, 0.3) is 0 Å². The summed E-state index contributed by atoms with van der Waals surface area (Å²) < 4.78 is 0. The highest BCUT2D eigenvalue weighted by atomic mass is 16.1. The second-order valence-electron chi connectivity index (χ2n) is 6.64. The molecule has 1 aromatic rings. The number of allylic oxidation sites excluding steroid dienone is 2. The van der Waals surface area contributed by atoms with E-state index in [0.717, 1.165) is 25.5 Å². The van der Waals surface area contributed by atoms with Gasteiger partial charge in [-0.2, -0.15) is 5.26 Å². The summed E-state index contributed by atoms with van der Waals surface area (Å²) in [5.74, 6) is 1.23. The van der Waals surface area contributed by atoms with Crippen molar-refractivity contribution in [2.75, 3.05) is 26.7 Å². The van der Waals surface area contributed by atoms with Crippen LogP contribution in [0.25, 0.3) is 0 Å². The molecule has 0 unspecified atom stereocenters. The number of benzene rings is 1. The molecule has 136 valence electrons. The molecule has 1 heterocycles. The Hall–Kier alpha value is -2.71. The van der Waals surface area contributed by atoms with Gasteiger partial charge in [0.15, 0.2) is 5.78 Å². The number of hydrogen-bond acceptors (Lipinski definition) is 4. The molecule has 5 nitrogen and oxygen atoms in total. The van der Waals surface area contributed by atoms with Crippen LogP contribution in [0.15, 0.2) is 53.7 Å². The topological polar surface area (TPSA) is 68.5 Å². The first-order valence-electron chi connectivity index (χ1n) is 8.87. The van der Waals surface area contributed by atoms with Crippen LogP contribution in [0, 0.1) is 17.2 Å². The number of carbonyl (C=O) groups is 1. The number of aliphatic imine (C=N–C) groups is 1. The number of rotatable bonds is 6. The fourth-order valence-corrected chi connectivity index (χ4v) is 2.85. The first-order chi connectivity index (χ1) is 12.5. The summed E-state index contributed by atoms with van der Waals surface area (Å²) >= 11 is 0. The number of ketones is 1. The van der Waals surface area contributed by atoms with Crippen molar-refractivity contribution in [3.63, 3.8) is 0 Å². The molecule has 0 radical (unpaired) electrons. The minimum Gasteiger partial charge on any atom is -0.350 e. The van der Waals surface area contributed by atoms with Gasteiger partial charge >= 0.3 is 0 Å². The Morgan fingerprint density at radius 1 is 1.46 bits per heavy atom. The van der Waals surface area contributed by atoms with Gasteiger partial charge in [0.05, 0.1) is 17.5 Å². The molecule has 26 heavy (non-hydrogen) atoms. The zero-order valence-corrected chi connectivity index (χ0v) is 15.5. The lowest BCUT2D eigenvalue weighted by atomic mass is 9.97. The summed E-state index contributed by atoms with van der Waals surface area (Å²) in [5, 5.41) is 12.1. The maximum atomic E-state index is 12.6. The largest absolute Gasteiger partial charge is 0.350 e. The highest BCUT2D eigenvalue weighted by molar-refractivity contribution is 6.10. The second-order valence-corrected chi connectivity index (χ2v) is 6.64. The molecule has 0 bridgehead atoms. The van der Waals surface area contributed by atoms with Crippen LogP contribution in [-0.2, 0) is 0 Å². The van der Waals surface area contributed by atoms with E-state index in [9.17, 15) is 4.79 Å². The molecule has 0 aromatic heterocycles. The SMILES string of the molecule is C=C/C(=C\NC(C)=NCC1CCN(C)CC1)C(=O)c1cccc(C#N)c1. The predicted octanol–water partition coefficient (Wildman–Crippen LogP) is 3.16. The number of likely N-dealkylation sites (tertiary alicyclic amines) is 1. The molecule has 5 heteroatoms. The van der Waals surface area contributed by atoms with E-state index >= 15 is 0 Å². The minimum atomic E-state index is -0.173. The van der Waals surface area contributed by atoms with E-state index < -0.39 is 0 Å². The van der Waals surface area contributed by atoms with E-state index in [1.807, 2.05) is 13.0 Å². The van der Waals surface area contributed by atoms with Gasteiger partial charge in [-0.05, 0) is 58.0 Å². The van der Waals surface area contributed by atoms with Gasteiger partial charge in [-0.15, -0.1) is 0 Å². The van der Waals surface area contributed by atoms with E-state index in [-0.39, 0.29) is 5.78 Å². The minimum absolute atomic E-state index is 0.173. The van der Waals surface area contributed by atoms with E-state index in [4.69, 9.17) is 5.26 Å². The van der Waals surface area contributed by atoms with Gasteiger partial charge in [-0.3, -0.25) is 9.79 Å². The molecule has 0 amide bonds. The van der Waals surface area contributed by atoms with Crippen LogP contribution in [0.3, 0.4) is 0 Å². The van der Waals surface area contributed by atoms with E-state index in [1.165, 1.54) is 18.9 Å². The van der Waals surface area contributed by atoms with Crippen molar-refractivity contribution >= 4 is 11.6 Å². The van der Waals surface area contributed by atoms with Crippen LogP contribution in [0.1, 0.15) is 35.7 Å². The smallest absolute Gasteiger partial charge is 0.194 e. The number of hydrogen-bond donors (Lipinski definition) is 1. The quantitative estimate of drug-likeness (QED) is 0.281. The zero-order chi connectivity index (χ0) is 18.9. The Kier molecular flexibility index (Phi) is 7.31. The van der Waals surface area contributed by atoms with Crippen molar-refractivity contribution in [2.24, 2.45) is 10.9 Å². The van der Waals surface area contributed by atoms with Crippen molar-refractivity contribution in [2.45, 2.75) is 19.8 Å². The Balaban J connectivity index is 1.97. The molecular formula is C21H26N4O. The summed E-state index contributed by atoms with van der Waals surface area (Å²) in [6, 6.07) is 8.70. The van der Waals surface area contributed by atoms with Gasteiger partial charge in [-0.25, -0.2) is 0 Å². The van der Waals surface area contributed by atoms with Crippen molar-refractivity contribution in [1.29, 1.82) is 5.26 Å². The van der Waals surface area contributed by atoms with Crippen LogP contribution in [0.2, 0.25) is 0 Å². The van der Waals surface area contributed by atoms with Gasteiger partial charge in [0, 0.05) is 23.9 Å². The van der Waals surface area contributed by atoms with E-state index in [2.05, 4.69) is 28.8 Å². The first-order valence-corrected chi connectivity index (χ1v) is 8.87. The molecule has 0 spiro atoms. The number of amidine groups is 1. The van der Waals surface area contributed by atoms with E-state index in [1.54, 1.807) is 30.5 Å². The number of nitriles is 1. The lowest BCUT2D eigenvalue weighted by Crippen LogP contribution is -2.31. The molecule has 1 N–H and O–H groups in total. The van der Waals surface area contributed by atoms with Gasteiger partial charge in [0.1, 0.15) is 0 Å². The Morgan fingerprint density at radius 3 is 2.85 bits per heavy atom. The number of nitrogens with one attached hydrogen (secondary N) is 1. The molecule has 0 atom stereocenters. The molecule has 0 aliphatic carbocycles. The summed E-state index contributed by atoms with van der Waals surface area (Å²) in [6.07, 6.45) is 5.49. The monoisotopic (exact) mass is 350 g/mol. The van der Waals surface area contributed by atoms with Crippen LogP contribution < -0.4 is 5.32 Å². The second kappa shape index (κ2) is 9.69. The zero-order valence-electron chi connectivity index (χ0n) is 15.5. The van der Waals surface area contributed by atoms with Crippen molar-refractivity contribution in [1.82, 2.24) is 10.2 Å². The molecule has 0 saturated carbocycles. The average molecular weight is 350 g/mol.